The summed E-state index contributed by atoms with van der Waals surface area (Å²) in [5.41, 5.74) is 1.98. The maximum atomic E-state index is 12.6. The lowest BCUT2D eigenvalue weighted by Gasteiger charge is -2.07. The minimum absolute atomic E-state index is 0. The largest absolute Gasteiger partial charge is 0.475 e. The number of aromatic carboxylic acids is 1. The average molecular weight is 438 g/mol. The molecule has 29 heavy (non-hydrogen) atoms. The predicted octanol–water partition coefficient (Wildman–Crippen LogP) is 3.50. The Bertz CT molecular complexity index is 1080. The zero-order valence-electron chi connectivity index (χ0n) is 15.5. The van der Waals surface area contributed by atoms with Crippen molar-refractivity contribution in [2.75, 3.05) is 13.1 Å². The fourth-order valence-electron chi connectivity index (χ4n) is 3.78. The van der Waals surface area contributed by atoms with Crippen molar-refractivity contribution in [1.82, 2.24) is 15.3 Å². The van der Waals surface area contributed by atoms with Gasteiger partial charge in [0.1, 0.15) is 10.6 Å². The Morgan fingerprint density at radius 2 is 2.00 bits per heavy atom. The zero-order valence-corrected chi connectivity index (χ0v) is 17.2. The van der Waals surface area contributed by atoms with Crippen LogP contribution in [-0.2, 0) is 12.8 Å². The van der Waals surface area contributed by atoms with Crippen molar-refractivity contribution < 1.29 is 14.3 Å². The molecule has 3 N–H and O–H groups in total. The maximum absolute atomic E-state index is 12.6. The molecule has 1 aromatic carbocycles. The van der Waals surface area contributed by atoms with Crippen LogP contribution in [0, 0.1) is 5.82 Å². The average Bonchev–Trinajstić information content (AvgIpc) is 3.39. The normalized spacial score (nSPS) is 17.3. The summed E-state index contributed by atoms with van der Waals surface area (Å²) in [6, 6.07) is 6.83. The third-order valence-electron chi connectivity index (χ3n) is 5.18. The van der Waals surface area contributed by atoms with Gasteiger partial charge in [0.2, 0.25) is 5.82 Å². The number of benzene rings is 1. The van der Waals surface area contributed by atoms with E-state index in [1.54, 1.807) is 0 Å². The molecule has 1 aliphatic carbocycles. The Labute approximate surface area is 176 Å². The molecule has 3 aromatic rings. The van der Waals surface area contributed by atoms with Gasteiger partial charge in [0, 0.05) is 11.4 Å². The van der Waals surface area contributed by atoms with Crippen LogP contribution in [0.25, 0.3) is 10.2 Å². The van der Waals surface area contributed by atoms with Crippen LogP contribution in [0.2, 0.25) is 0 Å². The van der Waals surface area contributed by atoms with Gasteiger partial charge >= 0.3 is 5.97 Å². The topological polar surface area (TPSA) is 95.1 Å². The van der Waals surface area contributed by atoms with Crippen molar-refractivity contribution in [2.24, 2.45) is 0 Å². The lowest BCUT2D eigenvalue weighted by atomic mass is 9.99. The predicted molar refractivity (Wildman–Crippen MR) is 113 cm³/mol. The molecular formula is C20H21ClFN3O3S. The first-order chi connectivity index (χ1) is 13.5. The number of fused-ring (bicyclic) bond motifs is 3. The lowest BCUT2D eigenvalue weighted by Crippen LogP contribution is -2.15. The SMILES string of the molecule is Cl.Fc1ccc(C2CCNC2)cc1.O=C(O)c1nc2sc3c(c2c(=O)[nH]1)CCC3. The first kappa shape index (κ1) is 21.4. The number of halogens is 2. The highest BCUT2D eigenvalue weighted by molar-refractivity contribution is 7.18. The van der Waals surface area contributed by atoms with Crippen molar-refractivity contribution in [3.05, 3.63) is 62.3 Å². The molecule has 0 radical (unpaired) electrons. The molecule has 3 heterocycles. The van der Waals surface area contributed by atoms with Crippen LogP contribution in [-0.4, -0.2) is 34.1 Å². The molecule has 1 fully saturated rings. The molecule has 1 aliphatic heterocycles. The molecule has 2 aliphatic rings. The molecule has 1 saturated heterocycles. The van der Waals surface area contributed by atoms with Crippen molar-refractivity contribution in [3.63, 3.8) is 0 Å². The van der Waals surface area contributed by atoms with Crippen LogP contribution in [0.15, 0.2) is 29.1 Å². The molecule has 1 atom stereocenters. The highest BCUT2D eigenvalue weighted by Crippen LogP contribution is 2.34. The van der Waals surface area contributed by atoms with Crippen molar-refractivity contribution in [3.8, 4) is 0 Å². The number of H-pyrrole nitrogens is 1. The summed E-state index contributed by atoms with van der Waals surface area (Å²) in [5, 5.41) is 12.7. The smallest absolute Gasteiger partial charge is 0.372 e. The quantitative estimate of drug-likeness (QED) is 0.570. The van der Waals surface area contributed by atoms with Crippen LogP contribution in [0.1, 0.15) is 45.4 Å². The zero-order chi connectivity index (χ0) is 19.7. The first-order valence-corrected chi connectivity index (χ1v) is 10.1. The number of aromatic amines is 1. The number of carbonyl (C=O) groups is 1. The number of carboxylic acids is 1. The number of nitrogens with one attached hydrogen (secondary N) is 2. The summed E-state index contributed by atoms with van der Waals surface area (Å²) in [6.07, 6.45) is 4.10. The highest BCUT2D eigenvalue weighted by Gasteiger charge is 2.22. The molecule has 1 unspecified atom stereocenters. The standard InChI is InChI=1S/C10H12FN.C10H8N2O3S.ClH/c11-10-3-1-8(2-4-10)9-5-6-12-7-9;13-8-6-4-2-1-3-5(4)16-9(6)12-7(11-8)10(14)15;/h1-4,9,12H,5-7H2;1-3H2,(H,14,15)(H,11,12,13);1H. The van der Waals surface area contributed by atoms with E-state index in [9.17, 15) is 14.0 Å². The van der Waals surface area contributed by atoms with E-state index in [2.05, 4.69) is 15.3 Å². The number of hydrogen-bond donors (Lipinski definition) is 3. The minimum Gasteiger partial charge on any atom is -0.475 e. The van der Waals surface area contributed by atoms with E-state index in [1.165, 1.54) is 40.3 Å². The van der Waals surface area contributed by atoms with Crippen molar-refractivity contribution in [2.45, 2.75) is 31.6 Å². The maximum Gasteiger partial charge on any atom is 0.372 e. The summed E-state index contributed by atoms with van der Waals surface area (Å²) >= 11 is 1.44. The minimum atomic E-state index is -1.20. The summed E-state index contributed by atoms with van der Waals surface area (Å²) in [4.78, 5) is 30.5. The number of aryl methyl sites for hydroxylation is 2. The Kier molecular flexibility index (Phi) is 6.66. The van der Waals surface area contributed by atoms with Crippen LogP contribution in [0.4, 0.5) is 4.39 Å². The number of rotatable bonds is 2. The van der Waals surface area contributed by atoms with Gasteiger partial charge in [-0.2, -0.15) is 0 Å². The molecular weight excluding hydrogens is 417 g/mol. The van der Waals surface area contributed by atoms with E-state index in [4.69, 9.17) is 5.11 Å². The summed E-state index contributed by atoms with van der Waals surface area (Å²) in [7, 11) is 0. The van der Waals surface area contributed by atoms with Gasteiger partial charge in [-0.3, -0.25) is 4.79 Å². The van der Waals surface area contributed by atoms with Gasteiger partial charge in [0.25, 0.3) is 5.56 Å². The van der Waals surface area contributed by atoms with Crippen LogP contribution >= 0.6 is 23.7 Å². The molecule has 9 heteroatoms. The Morgan fingerprint density at radius 3 is 2.66 bits per heavy atom. The van der Waals surface area contributed by atoms with E-state index >= 15 is 0 Å². The molecule has 0 amide bonds. The van der Waals surface area contributed by atoms with Gasteiger partial charge in [-0.05, 0) is 61.4 Å². The molecule has 2 aromatic heterocycles. The van der Waals surface area contributed by atoms with E-state index in [-0.39, 0.29) is 29.6 Å². The second-order valence-corrected chi connectivity index (χ2v) is 8.08. The fraction of sp³-hybridized carbons (Fsp3) is 0.350. The molecule has 0 saturated carbocycles. The Balaban J connectivity index is 0.000000167. The third-order valence-corrected chi connectivity index (χ3v) is 6.37. The van der Waals surface area contributed by atoms with Crippen molar-refractivity contribution in [1.29, 1.82) is 0 Å². The van der Waals surface area contributed by atoms with E-state index in [1.807, 2.05) is 12.1 Å². The van der Waals surface area contributed by atoms with Gasteiger partial charge in [-0.1, -0.05) is 12.1 Å². The molecule has 154 valence electrons. The van der Waals surface area contributed by atoms with Gasteiger partial charge in [0.05, 0.1) is 5.39 Å². The van der Waals surface area contributed by atoms with Gasteiger partial charge in [-0.15, -0.1) is 23.7 Å². The molecule has 5 rings (SSSR count). The van der Waals surface area contributed by atoms with Gasteiger partial charge in [0.15, 0.2) is 0 Å². The monoisotopic (exact) mass is 437 g/mol. The molecule has 6 nitrogen and oxygen atoms in total. The van der Waals surface area contributed by atoms with Gasteiger partial charge in [-0.25, -0.2) is 14.2 Å². The third kappa shape index (κ3) is 4.49. The van der Waals surface area contributed by atoms with Crippen LogP contribution in [0.5, 0.6) is 0 Å². The summed E-state index contributed by atoms with van der Waals surface area (Å²) < 4.78 is 12.6. The second-order valence-electron chi connectivity index (χ2n) is 7.00. The number of carboxylic acid groups (broad SMARTS) is 1. The number of nitrogens with zero attached hydrogens (tertiary/aromatic N) is 1. The summed E-state index contributed by atoms with van der Waals surface area (Å²) in [6.45, 7) is 2.12. The van der Waals surface area contributed by atoms with Crippen molar-refractivity contribution >= 4 is 39.9 Å². The van der Waals surface area contributed by atoms with Crippen LogP contribution in [0.3, 0.4) is 0 Å². The Hall–Kier alpha value is -2.29. The highest BCUT2D eigenvalue weighted by atomic mass is 35.5. The first-order valence-electron chi connectivity index (χ1n) is 9.27. The number of thiophene rings is 1. The number of aromatic nitrogens is 2. The van der Waals surface area contributed by atoms with Crippen LogP contribution < -0.4 is 10.9 Å². The summed E-state index contributed by atoms with van der Waals surface area (Å²) in [5.74, 6) is -1.04. The molecule has 0 bridgehead atoms. The lowest BCUT2D eigenvalue weighted by molar-refractivity contribution is 0.0683. The van der Waals surface area contributed by atoms with E-state index < -0.39 is 5.97 Å². The van der Waals surface area contributed by atoms with E-state index in [0.717, 1.165) is 37.9 Å². The number of hydrogen-bond acceptors (Lipinski definition) is 5. The fourth-order valence-corrected chi connectivity index (χ4v) is 5.04. The Morgan fingerprint density at radius 1 is 1.24 bits per heavy atom. The van der Waals surface area contributed by atoms with E-state index in [0.29, 0.717) is 16.1 Å². The molecule has 0 spiro atoms. The van der Waals surface area contributed by atoms with Gasteiger partial charge < -0.3 is 15.4 Å². The second kappa shape index (κ2) is 9.02.